The van der Waals surface area contributed by atoms with Crippen LogP contribution in [0, 0.1) is 0 Å². The maximum atomic E-state index is 11.3. The minimum Gasteiger partial charge on any atom is -0.508 e. The van der Waals surface area contributed by atoms with Crippen LogP contribution in [0.4, 0.5) is 0 Å². The predicted molar refractivity (Wildman–Crippen MR) is 57.0 cm³/mol. The Morgan fingerprint density at radius 3 is 2.64 bits per heavy atom. The van der Waals surface area contributed by atoms with Gasteiger partial charge in [0.25, 0.3) is 0 Å². The summed E-state index contributed by atoms with van der Waals surface area (Å²) in [7, 11) is -3.02. The molecule has 4 heteroatoms. The molecule has 1 aromatic rings. The molecule has 1 rings (SSSR count). The number of phenolic OH excluding ortho intramolecular Hbond substituents is 1. The number of hydrogen-bond donors (Lipinski definition) is 2. The van der Waals surface area contributed by atoms with Crippen LogP contribution in [0.2, 0.25) is 0 Å². The lowest BCUT2D eigenvalue weighted by molar-refractivity contribution is 0.468. The summed E-state index contributed by atoms with van der Waals surface area (Å²) in [5.41, 5.74) is 0.609. The molecule has 14 heavy (non-hydrogen) atoms. The lowest BCUT2D eigenvalue weighted by Crippen LogP contribution is -2.06. The maximum absolute atomic E-state index is 11.3. The third kappa shape index (κ3) is 3.17. The van der Waals surface area contributed by atoms with E-state index < -0.39 is 7.37 Å². The largest absolute Gasteiger partial charge is 0.508 e. The standard InChI is InChI=1S/C10H15O3P/c1-8(14(2,12)13)6-9-4-3-5-10(11)7-9/h3-5,7-8,11H,6H2,1-2H3,(H,12,13). The molecule has 0 aliphatic rings. The minimum absolute atomic E-state index is 0.193. The SMILES string of the molecule is CC(Cc1cccc(O)c1)P(C)(=O)O. The first kappa shape index (κ1) is 11.3. The third-order valence-electron chi connectivity index (χ3n) is 2.26. The van der Waals surface area contributed by atoms with Gasteiger partial charge >= 0.3 is 0 Å². The molecule has 0 saturated heterocycles. The van der Waals surface area contributed by atoms with E-state index in [1.807, 2.05) is 6.07 Å². The Bertz CT molecular complexity index is 356. The number of benzene rings is 1. The van der Waals surface area contributed by atoms with E-state index in [-0.39, 0.29) is 11.4 Å². The lowest BCUT2D eigenvalue weighted by Gasteiger charge is -2.14. The Morgan fingerprint density at radius 1 is 1.50 bits per heavy atom. The van der Waals surface area contributed by atoms with Crippen LogP contribution in [0.25, 0.3) is 0 Å². The van der Waals surface area contributed by atoms with Crippen LogP contribution in [0.15, 0.2) is 24.3 Å². The smallest absolute Gasteiger partial charge is 0.200 e. The first-order valence-corrected chi connectivity index (χ1v) is 6.65. The Hall–Kier alpha value is -0.790. The number of rotatable bonds is 3. The summed E-state index contributed by atoms with van der Waals surface area (Å²) in [6, 6.07) is 6.77. The van der Waals surface area contributed by atoms with Crippen molar-refractivity contribution in [2.45, 2.75) is 19.0 Å². The molecule has 2 atom stereocenters. The van der Waals surface area contributed by atoms with Gasteiger partial charge in [0.05, 0.1) is 0 Å². The van der Waals surface area contributed by atoms with Gasteiger partial charge in [0.2, 0.25) is 7.37 Å². The zero-order chi connectivity index (χ0) is 10.8. The van der Waals surface area contributed by atoms with Crippen molar-refractivity contribution in [2.24, 2.45) is 0 Å². The highest BCUT2D eigenvalue weighted by molar-refractivity contribution is 7.57. The van der Waals surface area contributed by atoms with E-state index in [2.05, 4.69) is 0 Å². The second kappa shape index (κ2) is 4.16. The molecule has 0 aliphatic carbocycles. The van der Waals surface area contributed by atoms with Gasteiger partial charge in [-0.25, -0.2) is 0 Å². The van der Waals surface area contributed by atoms with Crippen molar-refractivity contribution in [3.05, 3.63) is 29.8 Å². The molecule has 2 unspecified atom stereocenters. The van der Waals surface area contributed by atoms with E-state index in [0.29, 0.717) is 6.42 Å². The van der Waals surface area contributed by atoms with Crippen LogP contribution in [0.5, 0.6) is 5.75 Å². The fourth-order valence-electron chi connectivity index (χ4n) is 1.19. The maximum Gasteiger partial charge on any atom is 0.200 e. The van der Waals surface area contributed by atoms with Crippen LogP contribution in [0.1, 0.15) is 12.5 Å². The molecule has 0 aromatic heterocycles. The second-order valence-corrected chi connectivity index (χ2v) is 6.43. The summed E-state index contributed by atoms with van der Waals surface area (Å²) in [5, 5.41) is 9.20. The average Bonchev–Trinajstić information content (AvgIpc) is 2.02. The Kier molecular flexibility index (Phi) is 3.35. The van der Waals surface area contributed by atoms with Gasteiger partial charge in [-0.05, 0) is 24.1 Å². The van der Waals surface area contributed by atoms with Gasteiger partial charge in [-0.1, -0.05) is 19.1 Å². The predicted octanol–water partition coefficient (Wildman–Crippen LogP) is 2.22. The average molecular weight is 214 g/mol. The molecule has 0 amide bonds. The number of hydrogen-bond acceptors (Lipinski definition) is 2. The van der Waals surface area contributed by atoms with Gasteiger partial charge in [0.1, 0.15) is 5.75 Å². The van der Waals surface area contributed by atoms with E-state index >= 15 is 0 Å². The molecule has 78 valence electrons. The topological polar surface area (TPSA) is 57.5 Å². The molecule has 0 aliphatic heterocycles. The van der Waals surface area contributed by atoms with Crippen LogP contribution < -0.4 is 0 Å². The highest BCUT2D eigenvalue weighted by Gasteiger charge is 2.20. The van der Waals surface area contributed by atoms with Crippen molar-refractivity contribution >= 4 is 7.37 Å². The summed E-state index contributed by atoms with van der Waals surface area (Å²) in [4.78, 5) is 9.31. The van der Waals surface area contributed by atoms with Crippen molar-refractivity contribution in [3.63, 3.8) is 0 Å². The van der Waals surface area contributed by atoms with E-state index in [4.69, 9.17) is 0 Å². The van der Waals surface area contributed by atoms with Crippen LogP contribution in [0.3, 0.4) is 0 Å². The molecule has 0 radical (unpaired) electrons. The fraction of sp³-hybridized carbons (Fsp3) is 0.400. The number of aromatic hydroxyl groups is 1. The summed E-state index contributed by atoms with van der Waals surface area (Å²) >= 11 is 0. The lowest BCUT2D eigenvalue weighted by atomic mass is 10.1. The van der Waals surface area contributed by atoms with Crippen LogP contribution in [-0.2, 0) is 11.0 Å². The van der Waals surface area contributed by atoms with Gasteiger partial charge < -0.3 is 10.00 Å². The second-order valence-electron chi connectivity index (χ2n) is 3.67. The van der Waals surface area contributed by atoms with Gasteiger partial charge in [-0.2, -0.15) is 0 Å². The van der Waals surface area contributed by atoms with Gasteiger partial charge in [0.15, 0.2) is 0 Å². The van der Waals surface area contributed by atoms with Crippen molar-refractivity contribution < 1.29 is 14.6 Å². The molecular formula is C10H15O3P. The van der Waals surface area contributed by atoms with Gasteiger partial charge in [-0.3, -0.25) is 4.57 Å². The molecule has 0 saturated carbocycles. The molecule has 0 heterocycles. The normalized spacial score (nSPS) is 17.4. The summed E-state index contributed by atoms with van der Waals surface area (Å²) < 4.78 is 11.3. The van der Waals surface area contributed by atoms with Crippen molar-refractivity contribution in [2.75, 3.05) is 6.66 Å². The van der Waals surface area contributed by atoms with Gasteiger partial charge in [0, 0.05) is 12.3 Å². The van der Waals surface area contributed by atoms with E-state index in [9.17, 15) is 14.6 Å². The Balaban J connectivity index is 2.75. The van der Waals surface area contributed by atoms with Gasteiger partial charge in [-0.15, -0.1) is 0 Å². The molecule has 0 spiro atoms. The summed E-state index contributed by atoms with van der Waals surface area (Å²) in [6.45, 7) is 3.10. The van der Waals surface area contributed by atoms with Crippen LogP contribution in [-0.4, -0.2) is 22.3 Å². The van der Waals surface area contributed by atoms with E-state index in [0.717, 1.165) is 5.56 Å². The molecule has 0 bridgehead atoms. The quantitative estimate of drug-likeness (QED) is 0.758. The summed E-state index contributed by atoms with van der Waals surface area (Å²) in [6.07, 6.45) is 0.513. The third-order valence-corrected chi connectivity index (χ3v) is 4.08. The number of phenols is 1. The zero-order valence-electron chi connectivity index (χ0n) is 8.34. The highest BCUT2D eigenvalue weighted by Crippen LogP contribution is 2.43. The van der Waals surface area contributed by atoms with Crippen molar-refractivity contribution in [3.8, 4) is 5.75 Å². The molecular weight excluding hydrogens is 199 g/mol. The Morgan fingerprint density at radius 2 is 2.14 bits per heavy atom. The first-order chi connectivity index (χ1) is 6.39. The zero-order valence-corrected chi connectivity index (χ0v) is 9.24. The first-order valence-electron chi connectivity index (χ1n) is 4.47. The molecule has 0 fully saturated rings. The van der Waals surface area contributed by atoms with Crippen molar-refractivity contribution in [1.82, 2.24) is 0 Å². The van der Waals surface area contributed by atoms with E-state index in [1.54, 1.807) is 25.1 Å². The van der Waals surface area contributed by atoms with Crippen molar-refractivity contribution in [1.29, 1.82) is 0 Å². The van der Waals surface area contributed by atoms with Crippen LogP contribution >= 0.6 is 7.37 Å². The molecule has 3 nitrogen and oxygen atoms in total. The Labute approximate surface area is 83.9 Å². The molecule has 2 N–H and O–H groups in total. The minimum atomic E-state index is -3.02. The monoisotopic (exact) mass is 214 g/mol. The highest BCUT2D eigenvalue weighted by atomic mass is 31.2. The summed E-state index contributed by atoms with van der Waals surface area (Å²) in [5.74, 6) is 0.193. The molecule has 1 aromatic carbocycles. The van der Waals surface area contributed by atoms with E-state index in [1.165, 1.54) is 6.66 Å². The fourth-order valence-corrected chi connectivity index (χ4v) is 1.74.